The van der Waals surface area contributed by atoms with Crippen molar-refractivity contribution in [1.82, 2.24) is 9.78 Å². The summed E-state index contributed by atoms with van der Waals surface area (Å²) in [6.07, 6.45) is 3.93. The fraction of sp³-hybridized carbons (Fsp3) is 0.357. The number of hydrogen-bond donors (Lipinski definition) is 1. The minimum absolute atomic E-state index is 0.246. The lowest BCUT2D eigenvalue weighted by molar-refractivity contribution is 0.765. The number of aromatic nitrogens is 2. The number of rotatable bonds is 4. The first-order chi connectivity index (χ1) is 8.56. The van der Waals surface area contributed by atoms with E-state index in [1.54, 1.807) is 0 Å². The quantitative estimate of drug-likeness (QED) is 0.897. The first kappa shape index (κ1) is 12.5. The van der Waals surface area contributed by atoms with Gasteiger partial charge in [0.25, 0.3) is 0 Å². The Labute approximate surface area is 108 Å². The van der Waals surface area contributed by atoms with Gasteiger partial charge in [0.1, 0.15) is 0 Å². The third-order valence-corrected chi connectivity index (χ3v) is 2.97. The van der Waals surface area contributed by atoms with Gasteiger partial charge in [-0.3, -0.25) is 4.68 Å². The van der Waals surface area contributed by atoms with Crippen LogP contribution in [0, 0.1) is 0 Å². The van der Waals surface area contributed by atoms with Crippen LogP contribution in [0.4, 0.5) is 11.4 Å². The van der Waals surface area contributed by atoms with Crippen LogP contribution >= 0.6 is 0 Å². The molecule has 1 heterocycles. The van der Waals surface area contributed by atoms with E-state index in [0.29, 0.717) is 0 Å². The molecule has 18 heavy (non-hydrogen) atoms. The molecule has 96 valence electrons. The van der Waals surface area contributed by atoms with Crippen molar-refractivity contribution in [3.05, 3.63) is 42.2 Å². The number of anilines is 2. The minimum atomic E-state index is 0.246. The van der Waals surface area contributed by atoms with Crippen molar-refractivity contribution in [1.29, 1.82) is 0 Å². The summed E-state index contributed by atoms with van der Waals surface area (Å²) < 4.78 is 1.82. The molecule has 0 amide bonds. The first-order valence-electron chi connectivity index (χ1n) is 6.09. The molecule has 0 saturated heterocycles. The summed E-state index contributed by atoms with van der Waals surface area (Å²) in [5.41, 5.74) is 3.50. The molecule has 2 aromatic rings. The zero-order valence-corrected chi connectivity index (χ0v) is 11.4. The minimum Gasteiger partial charge on any atom is -0.378 e. The summed E-state index contributed by atoms with van der Waals surface area (Å²) in [6, 6.07) is 8.64. The van der Waals surface area contributed by atoms with Crippen LogP contribution in [0.2, 0.25) is 0 Å². The molecule has 0 aliphatic heterocycles. The maximum Gasteiger partial charge on any atom is 0.0542 e. The molecule has 2 rings (SSSR count). The fourth-order valence-electron chi connectivity index (χ4n) is 1.87. The largest absolute Gasteiger partial charge is 0.378 e. The van der Waals surface area contributed by atoms with Crippen LogP contribution in [0.1, 0.15) is 18.5 Å². The molecule has 0 spiro atoms. The molecule has 1 N–H and O–H groups in total. The van der Waals surface area contributed by atoms with Crippen LogP contribution in [-0.4, -0.2) is 23.9 Å². The predicted molar refractivity (Wildman–Crippen MR) is 76.0 cm³/mol. The van der Waals surface area contributed by atoms with E-state index in [2.05, 4.69) is 46.5 Å². The lowest BCUT2D eigenvalue weighted by atomic mass is 10.1. The van der Waals surface area contributed by atoms with Crippen molar-refractivity contribution in [3.63, 3.8) is 0 Å². The van der Waals surface area contributed by atoms with Crippen molar-refractivity contribution in [3.8, 4) is 0 Å². The molecule has 0 saturated carbocycles. The van der Waals surface area contributed by atoms with Crippen LogP contribution in [0.25, 0.3) is 0 Å². The van der Waals surface area contributed by atoms with Crippen molar-refractivity contribution in [2.45, 2.75) is 13.0 Å². The van der Waals surface area contributed by atoms with Gasteiger partial charge in [0, 0.05) is 44.3 Å². The van der Waals surface area contributed by atoms with Crippen molar-refractivity contribution < 1.29 is 0 Å². The molecule has 1 aromatic heterocycles. The van der Waals surface area contributed by atoms with Crippen LogP contribution in [0.5, 0.6) is 0 Å². The zero-order chi connectivity index (χ0) is 13.1. The maximum atomic E-state index is 4.19. The number of aryl methyl sites for hydroxylation is 1. The Hall–Kier alpha value is -1.97. The monoisotopic (exact) mass is 244 g/mol. The predicted octanol–water partition coefficient (Wildman–Crippen LogP) is 2.66. The van der Waals surface area contributed by atoms with E-state index in [1.807, 2.05) is 38.2 Å². The fourth-order valence-corrected chi connectivity index (χ4v) is 1.87. The zero-order valence-electron chi connectivity index (χ0n) is 11.4. The highest BCUT2D eigenvalue weighted by molar-refractivity contribution is 5.58. The van der Waals surface area contributed by atoms with Crippen LogP contribution in [0.3, 0.4) is 0 Å². The van der Waals surface area contributed by atoms with E-state index in [-0.39, 0.29) is 6.04 Å². The maximum absolute atomic E-state index is 4.19. The smallest absolute Gasteiger partial charge is 0.0542 e. The summed E-state index contributed by atoms with van der Waals surface area (Å²) in [5.74, 6) is 0. The average Bonchev–Trinajstić information content (AvgIpc) is 2.76. The topological polar surface area (TPSA) is 33.1 Å². The standard InChI is InChI=1S/C14H20N4/c1-11(12-9-15-18(4)10-12)16-13-6-5-7-14(8-13)17(2)3/h5-11,16H,1-4H3. The van der Waals surface area contributed by atoms with Gasteiger partial charge < -0.3 is 10.2 Å². The van der Waals surface area contributed by atoms with Crippen LogP contribution in [0.15, 0.2) is 36.7 Å². The van der Waals surface area contributed by atoms with Crippen molar-refractivity contribution >= 4 is 11.4 Å². The van der Waals surface area contributed by atoms with Crippen molar-refractivity contribution in [2.75, 3.05) is 24.3 Å². The van der Waals surface area contributed by atoms with Gasteiger partial charge in [-0.2, -0.15) is 5.10 Å². The summed E-state index contributed by atoms with van der Waals surface area (Å²) in [6.45, 7) is 2.14. The number of nitrogens with zero attached hydrogens (tertiary/aromatic N) is 3. The third kappa shape index (κ3) is 2.83. The summed E-state index contributed by atoms with van der Waals surface area (Å²) in [5, 5.41) is 7.68. The van der Waals surface area contributed by atoms with E-state index >= 15 is 0 Å². The van der Waals surface area contributed by atoms with Gasteiger partial charge in [-0.15, -0.1) is 0 Å². The molecule has 0 aliphatic carbocycles. The Kier molecular flexibility index (Phi) is 3.55. The highest BCUT2D eigenvalue weighted by Crippen LogP contribution is 2.22. The Bertz CT molecular complexity index is 516. The Balaban J connectivity index is 2.11. The molecular formula is C14H20N4. The van der Waals surface area contributed by atoms with Crippen LogP contribution in [-0.2, 0) is 7.05 Å². The summed E-state index contributed by atoms with van der Waals surface area (Å²) in [4.78, 5) is 2.10. The van der Waals surface area contributed by atoms with Gasteiger partial charge in [0.05, 0.1) is 12.2 Å². The van der Waals surface area contributed by atoms with E-state index in [1.165, 1.54) is 11.3 Å². The molecule has 1 unspecified atom stereocenters. The molecule has 4 heteroatoms. The van der Waals surface area contributed by atoms with Crippen LogP contribution < -0.4 is 10.2 Å². The van der Waals surface area contributed by atoms with Gasteiger partial charge >= 0.3 is 0 Å². The second kappa shape index (κ2) is 5.12. The molecule has 1 atom stereocenters. The second-order valence-electron chi connectivity index (χ2n) is 4.76. The lowest BCUT2D eigenvalue weighted by Crippen LogP contribution is -2.10. The third-order valence-electron chi connectivity index (χ3n) is 2.97. The van der Waals surface area contributed by atoms with Gasteiger partial charge in [-0.05, 0) is 25.1 Å². The lowest BCUT2D eigenvalue weighted by Gasteiger charge is -2.17. The normalized spacial score (nSPS) is 12.2. The van der Waals surface area contributed by atoms with E-state index in [0.717, 1.165) is 5.69 Å². The molecule has 1 aromatic carbocycles. The molecule has 0 bridgehead atoms. The highest BCUT2D eigenvalue weighted by Gasteiger charge is 2.07. The summed E-state index contributed by atoms with van der Waals surface area (Å²) >= 11 is 0. The van der Waals surface area contributed by atoms with E-state index < -0.39 is 0 Å². The summed E-state index contributed by atoms with van der Waals surface area (Å²) in [7, 11) is 6.02. The first-order valence-corrected chi connectivity index (χ1v) is 6.09. The number of hydrogen-bond acceptors (Lipinski definition) is 3. The molecule has 0 aliphatic rings. The molecular weight excluding hydrogens is 224 g/mol. The molecule has 0 radical (unpaired) electrons. The second-order valence-corrected chi connectivity index (χ2v) is 4.76. The average molecular weight is 244 g/mol. The van der Waals surface area contributed by atoms with E-state index in [4.69, 9.17) is 0 Å². The Morgan fingerprint density at radius 1 is 1.33 bits per heavy atom. The SMILES string of the molecule is CC(Nc1cccc(N(C)C)c1)c1cnn(C)c1. The van der Waals surface area contributed by atoms with Gasteiger partial charge in [-0.1, -0.05) is 6.07 Å². The number of nitrogens with one attached hydrogen (secondary N) is 1. The van der Waals surface area contributed by atoms with E-state index in [9.17, 15) is 0 Å². The van der Waals surface area contributed by atoms with Gasteiger partial charge in [-0.25, -0.2) is 0 Å². The van der Waals surface area contributed by atoms with Gasteiger partial charge in [0.2, 0.25) is 0 Å². The van der Waals surface area contributed by atoms with Crippen molar-refractivity contribution in [2.24, 2.45) is 7.05 Å². The van der Waals surface area contributed by atoms with Gasteiger partial charge in [0.15, 0.2) is 0 Å². The Morgan fingerprint density at radius 2 is 2.11 bits per heavy atom. The Morgan fingerprint density at radius 3 is 2.72 bits per heavy atom. The molecule has 0 fully saturated rings. The molecule has 4 nitrogen and oxygen atoms in total. The number of benzene rings is 1. The highest BCUT2D eigenvalue weighted by atomic mass is 15.2.